The average molecular weight is 507 g/mol. The van der Waals surface area contributed by atoms with Crippen LogP contribution in [0.5, 0.6) is 0 Å². The number of carbonyl (C=O) groups excluding carboxylic acids is 1. The first kappa shape index (κ1) is 24.7. The molecular weight excluding hydrogens is 480 g/mol. The van der Waals surface area contributed by atoms with E-state index in [4.69, 9.17) is 0 Å². The molecule has 0 radical (unpaired) electrons. The van der Waals surface area contributed by atoms with Crippen LogP contribution in [0.4, 0.5) is 5.13 Å². The number of hydrogen-bond acceptors (Lipinski definition) is 6. The molecule has 0 aliphatic heterocycles. The van der Waals surface area contributed by atoms with Crippen LogP contribution in [0.3, 0.4) is 0 Å². The van der Waals surface area contributed by atoms with Crippen molar-refractivity contribution in [3.8, 4) is 0 Å². The number of anilines is 1. The molecule has 1 amide bonds. The summed E-state index contributed by atoms with van der Waals surface area (Å²) in [4.78, 5) is 13.1. The van der Waals surface area contributed by atoms with Crippen molar-refractivity contribution in [2.75, 3.05) is 18.9 Å². The lowest BCUT2D eigenvalue weighted by Crippen LogP contribution is -2.32. The first-order chi connectivity index (χ1) is 16.9. The monoisotopic (exact) mass is 506 g/mol. The molecule has 1 atom stereocenters. The maximum atomic E-state index is 13.0. The fraction of sp³-hybridized carbons (Fsp3) is 0.192. The van der Waals surface area contributed by atoms with Gasteiger partial charge in [-0.05, 0) is 23.3 Å². The smallest absolute Gasteiger partial charge is 0.242 e. The lowest BCUT2D eigenvalue weighted by atomic mass is 9.95. The van der Waals surface area contributed by atoms with Crippen molar-refractivity contribution >= 4 is 32.4 Å². The van der Waals surface area contributed by atoms with Gasteiger partial charge in [-0.25, -0.2) is 12.7 Å². The molecule has 4 rings (SSSR count). The Hall–Kier alpha value is -3.40. The molecule has 1 aromatic heterocycles. The van der Waals surface area contributed by atoms with E-state index in [-0.39, 0.29) is 29.7 Å². The van der Waals surface area contributed by atoms with Gasteiger partial charge in [0, 0.05) is 32.4 Å². The van der Waals surface area contributed by atoms with Crippen LogP contribution in [0, 0.1) is 0 Å². The molecule has 4 aromatic rings. The minimum Gasteiger partial charge on any atom is -0.301 e. The van der Waals surface area contributed by atoms with E-state index in [9.17, 15) is 13.2 Å². The molecule has 3 aromatic carbocycles. The zero-order chi connectivity index (χ0) is 24.7. The minimum absolute atomic E-state index is 0.103. The summed E-state index contributed by atoms with van der Waals surface area (Å²) in [7, 11) is -2.14. The van der Waals surface area contributed by atoms with Crippen molar-refractivity contribution in [2.45, 2.75) is 23.7 Å². The van der Waals surface area contributed by atoms with E-state index >= 15 is 0 Å². The number of nitrogens with zero attached hydrogens (tertiary/aromatic N) is 3. The van der Waals surface area contributed by atoms with E-state index in [1.165, 1.54) is 22.7 Å². The van der Waals surface area contributed by atoms with Crippen LogP contribution in [0.2, 0.25) is 0 Å². The van der Waals surface area contributed by atoms with E-state index in [1.807, 2.05) is 60.7 Å². The normalized spacial score (nSPS) is 12.4. The summed E-state index contributed by atoms with van der Waals surface area (Å²) < 4.78 is 27.4. The van der Waals surface area contributed by atoms with Gasteiger partial charge in [-0.3, -0.25) is 4.79 Å². The molecule has 0 aliphatic rings. The highest BCUT2D eigenvalue weighted by atomic mass is 32.2. The molecule has 9 heteroatoms. The Kier molecular flexibility index (Phi) is 8.02. The number of likely N-dealkylation sites (N-methyl/N-ethyl adjacent to an activating group) is 1. The number of benzene rings is 3. The van der Waals surface area contributed by atoms with Gasteiger partial charge in [0.05, 0.1) is 4.90 Å². The molecule has 7 nitrogen and oxygen atoms in total. The predicted octanol–water partition coefficient (Wildman–Crippen LogP) is 4.56. The maximum absolute atomic E-state index is 13.0. The summed E-state index contributed by atoms with van der Waals surface area (Å²) in [6, 6.07) is 27.7. The van der Waals surface area contributed by atoms with Crippen LogP contribution in [0.25, 0.3) is 0 Å². The Balaban J connectivity index is 1.45. The second-order valence-corrected chi connectivity index (χ2v) is 11.2. The van der Waals surface area contributed by atoms with Crippen molar-refractivity contribution in [2.24, 2.45) is 0 Å². The van der Waals surface area contributed by atoms with E-state index < -0.39 is 10.0 Å². The van der Waals surface area contributed by atoms with Crippen LogP contribution < -0.4 is 5.32 Å². The Bertz CT molecular complexity index is 1350. The zero-order valence-electron chi connectivity index (χ0n) is 19.2. The Morgan fingerprint density at radius 1 is 0.914 bits per heavy atom. The maximum Gasteiger partial charge on any atom is 0.242 e. The van der Waals surface area contributed by atoms with Gasteiger partial charge < -0.3 is 5.32 Å². The van der Waals surface area contributed by atoms with Crippen LogP contribution in [-0.4, -0.2) is 42.4 Å². The number of carbonyl (C=O) groups is 1. The number of hydrogen-bond donors (Lipinski definition) is 1. The van der Waals surface area contributed by atoms with Crippen LogP contribution in [-0.2, 0) is 21.2 Å². The highest BCUT2D eigenvalue weighted by molar-refractivity contribution is 7.89. The SMILES string of the molecule is CN(C[C@@H](CC(=O)Nc1nnc(Cc2ccccc2)s1)c1ccccc1)S(=O)(=O)c1ccccc1. The average Bonchev–Trinajstić information content (AvgIpc) is 3.31. The number of sulfonamides is 1. The highest BCUT2D eigenvalue weighted by Crippen LogP contribution is 2.25. The van der Waals surface area contributed by atoms with E-state index in [1.54, 1.807) is 30.3 Å². The van der Waals surface area contributed by atoms with Gasteiger partial charge in [-0.1, -0.05) is 90.2 Å². The molecule has 1 heterocycles. The lowest BCUT2D eigenvalue weighted by Gasteiger charge is -2.24. The standard InChI is InChI=1S/C26H26N4O3S2/c1-30(35(32,33)23-15-9-4-10-16-23)19-22(21-13-7-3-8-14-21)18-24(31)27-26-29-28-25(34-26)17-20-11-5-2-6-12-20/h2-16,22H,17-19H2,1H3,(H,27,29,31)/t22-/m1/s1. The zero-order valence-corrected chi connectivity index (χ0v) is 20.9. The molecule has 0 saturated heterocycles. The third kappa shape index (κ3) is 6.60. The minimum atomic E-state index is -3.68. The molecule has 0 spiro atoms. The van der Waals surface area contributed by atoms with Crippen molar-refractivity contribution in [3.63, 3.8) is 0 Å². The largest absolute Gasteiger partial charge is 0.301 e. The molecule has 0 fully saturated rings. The molecular formula is C26H26N4O3S2. The van der Waals surface area contributed by atoms with Crippen molar-refractivity contribution in [1.29, 1.82) is 0 Å². The summed E-state index contributed by atoms with van der Waals surface area (Å²) in [5.74, 6) is -0.580. The summed E-state index contributed by atoms with van der Waals surface area (Å²) >= 11 is 1.33. The molecule has 0 bridgehead atoms. The van der Waals surface area contributed by atoms with Gasteiger partial charge in [-0.2, -0.15) is 0 Å². The topological polar surface area (TPSA) is 92.3 Å². The molecule has 0 aliphatic carbocycles. The number of rotatable bonds is 10. The van der Waals surface area contributed by atoms with E-state index in [0.717, 1.165) is 16.1 Å². The van der Waals surface area contributed by atoms with Crippen molar-refractivity contribution in [1.82, 2.24) is 14.5 Å². The quantitative estimate of drug-likeness (QED) is 0.340. The molecule has 0 unspecified atom stereocenters. The molecule has 0 saturated carbocycles. The Morgan fingerprint density at radius 2 is 1.51 bits per heavy atom. The number of amides is 1. The third-order valence-corrected chi connectivity index (χ3v) is 8.22. The first-order valence-corrected chi connectivity index (χ1v) is 13.4. The van der Waals surface area contributed by atoms with Crippen molar-refractivity contribution < 1.29 is 13.2 Å². The molecule has 1 N–H and O–H groups in total. The number of aromatic nitrogens is 2. The van der Waals surface area contributed by atoms with Crippen LogP contribution in [0.1, 0.15) is 28.5 Å². The fourth-order valence-electron chi connectivity index (χ4n) is 3.73. The van der Waals surface area contributed by atoms with Gasteiger partial charge in [0.2, 0.25) is 21.1 Å². The van der Waals surface area contributed by atoms with Gasteiger partial charge in [0.25, 0.3) is 0 Å². The van der Waals surface area contributed by atoms with Gasteiger partial charge in [0.1, 0.15) is 5.01 Å². The van der Waals surface area contributed by atoms with Crippen molar-refractivity contribution in [3.05, 3.63) is 107 Å². The molecule has 35 heavy (non-hydrogen) atoms. The van der Waals surface area contributed by atoms with E-state index in [2.05, 4.69) is 15.5 Å². The first-order valence-electron chi connectivity index (χ1n) is 11.1. The van der Waals surface area contributed by atoms with Crippen LogP contribution in [0.15, 0.2) is 95.9 Å². The van der Waals surface area contributed by atoms with Gasteiger partial charge in [-0.15, -0.1) is 10.2 Å². The lowest BCUT2D eigenvalue weighted by molar-refractivity contribution is -0.116. The summed E-state index contributed by atoms with van der Waals surface area (Å²) in [5.41, 5.74) is 2.01. The third-order valence-electron chi connectivity index (χ3n) is 5.54. The summed E-state index contributed by atoms with van der Waals surface area (Å²) in [6.45, 7) is 0.157. The summed E-state index contributed by atoms with van der Waals surface area (Å²) in [6.07, 6.45) is 0.745. The van der Waals surface area contributed by atoms with Gasteiger partial charge in [0.15, 0.2) is 0 Å². The number of nitrogens with one attached hydrogen (secondary N) is 1. The Labute approximate surface area is 209 Å². The predicted molar refractivity (Wildman–Crippen MR) is 138 cm³/mol. The Morgan fingerprint density at radius 3 is 2.17 bits per heavy atom. The molecule has 180 valence electrons. The fourth-order valence-corrected chi connectivity index (χ4v) is 5.76. The van der Waals surface area contributed by atoms with E-state index in [0.29, 0.717) is 11.6 Å². The second kappa shape index (κ2) is 11.4. The summed E-state index contributed by atoms with van der Waals surface area (Å²) in [5, 5.41) is 12.3. The second-order valence-electron chi connectivity index (χ2n) is 8.12. The van der Waals surface area contributed by atoms with Crippen LogP contribution >= 0.6 is 11.3 Å². The van der Waals surface area contributed by atoms with Gasteiger partial charge >= 0.3 is 0 Å². The highest BCUT2D eigenvalue weighted by Gasteiger charge is 2.26.